The standard InChI is InChI=1S/C23H24FN3O6S/c1-4-33-21-11-15(8-9-20(21)32-2)17(14-34(3,30)31)10-16-6-5-7-19(22(16)27(28)29)23-25-12-18(24)13-26-23/h5-9,11-13,17H,4,10,14H2,1-3H3/t17-/m1/s1. The van der Waals surface area contributed by atoms with Crippen LogP contribution < -0.4 is 9.47 Å². The maximum atomic E-state index is 13.3. The van der Waals surface area contributed by atoms with E-state index in [0.717, 1.165) is 18.6 Å². The Morgan fingerprint density at radius 1 is 1.15 bits per heavy atom. The molecule has 0 aliphatic rings. The summed E-state index contributed by atoms with van der Waals surface area (Å²) >= 11 is 0. The highest BCUT2D eigenvalue weighted by atomic mass is 32.2. The van der Waals surface area contributed by atoms with Crippen LogP contribution in [0.15, 0.2) is 48.8 Å². The van der Waals surface area contributed by atoms with Crippen molar-refractivity contribution in [2.45, 2.75) is 19.3 Å². The molecule has 0 N–H and O–H groups in total. The van der Waals surface area contributed by atoms with Crippen molar-refractivity contribution in [3.63, 3.8) is 0 Å². The van der Waals surface area contributed by atoms with Gasteiger partial charge in [-0.2, -0.15) is 0 Å². The van der Waals surface area contributed by atoms with Crippen LogP contribution >= 0.6 is 0 Å². The molecule has 9 nitrogen and oxygen atoms in total. The van der Waals surface area contributed by atoms with Crippen molar-refractivity contribution >= 4 is 15.5 Å². The monoisotopic (exact) mass is 489 g/mol. The Morgan fingerprint density at radius 3 is 2.44 bits per heavy atom. The first kappa shape index (κ1) is 25.0. The van der Waals surface area contributed by atoms with Gasteiger partial charge in [-0.05, 0) is 37.1 Å². The lowest BCUT2D eigenvalue weighted by Gasteiger charge is -2.19. The molecule has 2 aromatic carbocycles. The molecule has 3 aromatic rings. The number of benzene rings is 2. The van der Waals surface area contributed by atoms with Gasteiger partial charge in [0.15, 0.2) is 23.1 Å². The Labute approximate surface area is 196 Å². The van der Waals surface area contributed by atoms with E-state index in [-0.39, 0.29) is 29.2 Å². The number of hydrogen-bond acceptors (Lipinski definition) is 8. The third kappa shape index (κ3) is 6.04. The van der Waals surface area contributed by atoms with Crippen molar-refractivity contribution < 1.29 is 27.2 Å². The summed E-state index contributed by atoms with van der Waals surface area (Å²) in [6, 6.07) is 9.72. The van der Waals surface area contributed by atoms with Gasteiger partial charge in [-0.25, -0.2) is 22.8 Å². The van der Waals surface area contributed by atoms with Crippen LogP contribution in [0, 0.1) is 15.9 Å². The first-order valence-corrected chi connectivity index (χ1v) is 12.4. The summed E-state index contributed by atoms with van der Waals surface area (Å²) < 4.78 is 48.7. The Hall–Kier alpha value is -3.60. The summed E-state index contributed by atoms with van der Waals surface area (Å²) in [6.45, 7) is 2.19. The van der Waals surface area contributed by atoms with E-state index in [1.807, 2.05) is 6.92 Å². The fourth-order valence-electron chi connectivity index (χ4n) is 3.72. The number of halogens is 1. The summed E-state index contributed by atoms with van der Waals surface area (Å²) in [4.78, 5) is 19.2. The molecule has 0 amide bonds. The minimum atomic E-state index is -3.44. The summed E-state index contributed by atoms with van der Waals surface area (Å²) in [5.74, 6) is -0.574. The first-order valence-electron chi connectivity index (χ1n) is 10.4. The molecule has 0 bridgehead atoms. The molecule has 180 valence electrons. The van der Waals surface area contributed by atoms with Gasteiger partial charge >= 0.3 is 0 Å². The molecular weight excluding hydrogens is 465 g/mol. The number of nitro groups is 1. The molecule has 34 heavy (non-hydrogen) atoms. The molecule has 0 aliphatic heterocycles. The molecule has 0 radical (unpaired) electrons. The van der Waals surface area contributed by atoms with Gasteiger partial charge in [-0.15, -0.1) is 0 Å². The van der Waals surface area contributed by atoms with Crippen molar-refractivity contribution in [3.05, 3.63) is 75.9 Å². The SMILES string of the molecule is CCOc1cc([C@H](Cc2cccc(-c3ncc(F)cn3)c2[N+](=O)[O-])CS(C)(=O)=O)ccc1OC. The molecule has 1 atom stereocenters. The molecule has 3 rings (SSSR count). The molecule has 1 aromatic heterocycles. The molecule has 0 unspecified atom stereocenters. The fraction of sp³-hybridized carbons (Fsp3) is 0.304. The number of aromatic nitrogens is 2. The van der Waals surface area contributed by atoms with E-state index in [0.29, 0.717) is 29.2 Å². The van der Waals surface area contributed by atoms with Gasteiger partial charge in [0.2, 0.25) is 0 Å². The van der Waals surface area contributed by atoms with Crippen LogP contribution in [0.2, 0.25) is 0 Å². The Kier molecular flexibility index (Phi) is 7.77. The molecule has 1 heterocycles. The van der Waals surface area contributed by atoms with Crippen LogP contribution in [-0.4, -0.2) is 49.0 Å². The molecule has 0 fully saturated rings. The molecule has 0 saturated heterocycles. The number of ether oxygens (including phenoxy) is 2. The first-order chi connectivity index (χ1) is 16.1. The predicted molar refractivity (Wildman–Crippen MR) is 124 cm³/mol. The van der Waals surface area contributed by atoms with Crippen molar-refractivity contribution in [1.82, 2.24) is 9.97 Å². The molecule has 0 saturated carbocycles. The van der Waals surface area contributed by atoms with Gasteiger partial charge in [0.1, 0.15) is 9.84 Å². The van der Waals surface area contributed by atoms with E-state index < -0.39 is 26.5 Å². The lowest BCUT2D eigenvalue weighted by atomic mass is 9.91. The van der Waals surface area contributed by atoms with Gasteiger partial charge in [0, 0.05) is 17.7 Å². The van der Waals surface area contributed by atoms with Crippen LogP contribution in [0.3, 0.4) is 0 Å². The second-order valence-corrected chi connectivity index (χ2v) is 9.82. The predicted octanol–water partition coefficient (Wildman–Crippen LogP) is 3.97. The summed E-state index contributed by atoms with van der Waals surface area (Å²) in [7, 11) is -1.94. The van der Waals surface area contributed by atoms with E-state index in [2.05, 4.69) is 9.97 Å². The van der Waals surface area contributed by atoms with Gasteiger partial charge in [-0.1, -0.05) is 18.2 Å². The summed E-state index contributed by atoms with van der Waals surface area (Å²) in [5, 5.41) is 12.0. The maximum Gasteiger partial charge on any atom is 0.283 e. The van der Waals surface area contributed by atoms with E-state index >= 15 is 0 Å². The van der Waals surface area contributed by atoms with Gasteiger partial charge < -0.3 is 9.47 Å². The van der Waals surface area contributed by atoms with E-state index in [1.165, 1.54) is 13.2 Å². The number of hydrogen-bond donors (Lipinski definition) is 0. The van der Waals surface area contributed by atoms with E-state index in [9.17, 15) is 22.9 Å². The summed E-state index contributed by atoms with van der Waals surface area (Å²) in [6.07, 6.45) is 3.02. The smallest absolute Gasteiger partial charge is 0.283 e. The van der Waals surface area contributed by atoms with E-state index in [4.69, 9.17) is 9.47 Å². The lowest BCUT2D eigenvalue weighted by molar-refractivity contribution is -0.384. The van der Waals surface area contributed by atoms with Gasteiger partial charge in [0.05, 0.1) is 42.3 Å². The fourth-order valence-corrected chi connectivity index (χ4v) is 4.76. The highest BCUT2D eigenvalue weighted by Crippen LogP contribution is 2.37. The normalized spacial score (nSPS) is 12.2. The average Bonchev–Trinajstić information content (AvgIpc) is 2.78. The zero-order valence-electron chi connectivity index (χ0n) is 18.9. The minimum absolute atomic E-state index is 0.00214. The second kappa shape index (κ2) is 10.6. The molecule has 0 spiro atoms. The molecular formula is C23H24FN3O6S. The Bertz CT molecular complexity index is 1280. The topological polar surface area (TPSA) is 122 Å². The third-order valence-electron chi connectivity index (χ3n) is 5.09. The number of rotatable bonds is 10. The van der Waals surface area contributed by atoms with Crippen molar-refractivity contribution in [1.29, 1.82) is 0 Å². The van der Waals surface area contributed by atoms with Gasteiger partial charge in [-0.3, -0.25) is 10.1 Å². The maximum absolute atomic E-state index is 13.3. The molecule has 11 heteroatoms. The minimum Gasteiger partial charge on any atom is -0.493 e. The number of sulfone groups is 1. The van der Waals surface area contributed by atoms with Crippen LogP contribution in [0.1, 0.15) is 24.0 Å². The highest BCUT2D eigenvalue weighted by molar-refractivity contribution is 7.90. The zero-order valence-corrected chi connectivity index (χ0v) is 19.7. The zero-order chi connectivity index (χ0) is 24.9. The average molecular weight is 490 g/mol. The Balaban J connectivity index is 2.10. The van der Waals surface area contributed by atoms with Crippen molar-refractivity contribution in [2.75, 3.05) is 25.7 Å². The van der Waals surface area contributed by atoms with Crippen LogP contribution in [0.4, 0.5) is 10.1 Å². The number of nitrogens with zero attached hydrogens (tertiary/aromatic N) is 3. The van der Waals surface area contributed by atoms with Crippen molar-refractivity contribution in [3.8, 4) is 22.9 Å². The molecule has 0 aliphatic carbocycles. The quantitative estimate of drug-likeness (QED) is 0.310. The van der Waals surface area contributed by atoms with Crippen LogP contribution in [-0.2, 0) is 16.3 Å². The van der Waals surface area contributed by atoms with Crippen LogP contribution in [0.5, 0.6) is 11.5 Å². The van der Waals surface area contributed by atoms with Crippen molar-refractivity contribution in [2.24, 2.45) is 0 Å². The number of para-hydroxylation sites is 1. The Morgan fingerprint density at radius 2 is 1.85 bits per heavy atom. The van der Waals surface area contributed by atoms with Crippen LogP contribution in [0.25, 0.3) is 11.4 Å². The lowest BCUT2D eigenvalue weighted by Crippen LogP contribution is -2.17. The number of nitro benzene ring substituents is 1. The third-order valence-corrected chi connectivity index (χ3v) is 6.10. The summed E-state index contributed by atoms with van der Waals surface area (Å²) in [5.41, 5.74) is 0.793. The highest BCUT2D eigenvalue weighted by Gasteiger charge is 2.27. The van der Waals surface area contributed by atoms with Gasteiger partial charge in [0.25, 0.3) is 5.69 Å². The number of methoxy groups -OCH3 is 1. The largest absolute Gasteiger partial charge is 0.493 e. The second-order valence-electron chi connectivity index (χ2n) is 7.63. The van der Waals surface area contributed by atoms with E-state index in [1.54, 1.807) is 30.3 Å².